The fourth-order valence-electron chi connectivity index (χ4n) is 5.68. The highest BCUT2D eigenvalue weighted by molar-refractivity contribution is 5.94. The van der Waals surface area contributed by atoms with Gasteiger partial charge in [0.2, 0.25) is 11.8 Å². The Balaban J connectivity index is 2.13. The van der Waals surface area contributed by atoms with Gasteiger partial charge in [0, 0.05) is 19.4 Å². The molecule has 0 aliphatic heterocycles. The van der Waals surface area contributed by atoms with Crippen LogP contribution in [-0.2, 0) is 36.7 Å². The van der Waals surface area contributed by atoms with Crippen LogP contribution in [0.5, 0.6) is 5.75 Å². The van der Waals surface area contributed by atoms with E-state index >= 15 is 0 Å². The van der Waals surface area contributed by atoms with Crippen LogP contribution >= 0.6 is 0 Å². The molecule has 3 rings (SSSR count). The van der Waals surface area contributed by atoms with Crippen LogP contribution < -0.4 is 10.6 Å². The number of rotatable bonds is 13. The van der Waals surface area contributed by atoms with Crippen molar-refractivity contribution in [1.29, 1.82) is 0 Å². The summed E-state index contributed by atoms with van der Waals surface area (Å²) in [5.41, 5.74) is 2.06. The van der Waals surface area contributed by atoms with Crippen molar-refractivity contribution in [1.82, 2.24) is 15.5 Å². The van der Waals surface area contributed by atoms with Gasteiger partial charge in [-0.25, -0.2) is 9.59 Å². The minimum absolute atomic E-state index is 0.0612. The summed E-state index contributed by atoms with van der Waals surface area (Å²) < 4.78 is 11.3. The first kappa shape index (κ1) is 39.6. The average Bonchev–Trinajstić information content (AvgIpc) is 3.01. The number of ether oxygens (including phenoxy) is 2. The third kappa shape index (κ3) is 11.9. The molecule has 0 saturated heterocycles. The van der Waals surface area contributed by atoms with Gasteiger partial charge in [0.15, 0.2) is 0 Å². The molecule has 0 spiro atoms. The maximum atomic E-state index is 14.8. The van der Waals surface area contributed by atoms with Crippen molar-refractivity contribution in [3.8, 4) is 5.75 Å². The normalized spacial score (nSPS) is 13.4. The Morgan fingerprint density at radius 3 is 1.80 bits per heavy atom. The van der Waals surface area contributed by atoms with Gasteiger partial charge in [-0.3, -0.25) is 9.59 Å². The number of nitrogens with one attached hydrogen (secondary N) is 2. The zero-order valence-electron chi connectivity index (χ0n) is 30.8. The third-order valence-electron chi connectivity index (χ3n) is 7.78. The molecule has 3 amide bonds. The Morgan fingerprint density at radius 2 is 1.26 bits per heavy atom. The molecule has 0 radical (unpaired) electrons. The Kier molecular flexibility index (Phi) is 13.6. The molecule has 0 heterocycles. The minimum Gasteiger partial charge on any atom is -0.508 e. The highest BCUT2D eigenvalue weighted by Crippen LogP contribution is 2.30. The van der Waals surface area contributed by atoms with Crippen molar-refractivity contribution in [2.75, 3.05) is 6.54 Å². The first-order chi connectivity index (χ1) is 23.4. The zero-order valence-corrected chi connectivity index (χ0v) is 30.8. The fourth-order valence-corrected chi connectivity index (χ4v) is 5.68. The molecule has 3 atom stereocenters. The van der Waals surface area contributed by atoms with Gasteiger partial charge in [-0.1, -0.05) is 67.6 Å². The van der Waals surface area contributed by atoms with Gasteiger partial charge >= 0.3 is 12.1 Å². The molecule has 0 bridgehead atoms. The molecule has 0 aliphatic carbocycles. The van der Waals surface area contributed by atoms with E-state index in [-0.39, 0.29) is 25.1 Å². The Morgan fingerprint density at radius 1 is 0.720 bits per heavy atom. The molecule has 0 saturated carbocycles. The standard InChI is InChI=1S/C40H53N3O7/c1-10-23-43(36(46)31(42-38(48)50-40(7,8)9)24-29-19-21-30(44)22-20-29)34(33-26(2)15-14-16-27(33)3)35(45)41-32(37(47)49-39(4,5)6)25-28-17-12-11-13-18-28/h11-22,31-32,34,44H,10,23-25H2,1-9H3,(H,41,45)(H,42,48). The van der Waals surface area contributed by atoms with E-state index in [1.807, 2.05) is 69.3 Å². The summed E-state index contributed by atoms with van der Waals surface area (Å²) in [7, 11) is 0. The number of alkyl carbamates (subject to hydrolysis) is 1. The highest BCUT2D eigenvalue weighted by Gasteiger charge is 2.39. The lowest BCUT2D eigenvalue weighted by molar-refractivity contribution is -0.159. The number of carbonyl (C=O) groups excluding carboxylic acids is 4. The number of hydrogen-bond donors (Lipinski definition) is 3. The number of phenols is 1. The Bertz CT molecular complexity index is 1590. The maximum Gasteiger partial charge on any atom is 0.408 e. The van der Waals surface area contributed by atoms with Crippen LogP contribution in [0.1, 0.15) is 88.7 Å². The fraction of sp³-hybridized carbons (Fsp3) is 0.450. The molecule has 0 fully saturated rings. The second kappa shape index (κ2) is 17.2. The number of esters is 1. The monoisotopic (exact) mass is 687 g/mol. The summed E-state index contributed by atoms with van der Waals surface area (Å²) in [4.78, 5) is 57.7. The van der Waals surface area contributed by atoms with E-state index in [4.69, 9.17) is 9.47 Å². The van der Waals surface area contributed by atoms with E-state index in [0.717, 1.165) is 16.7 Å². The number of aryl methyl sites for hydroxylation is 2. The second-order valence-corrected chi connectivity index (χ2v) is 14.6. The topological polar surface area (TPSA) is 134 Å². The van der Waals surface area contributed by atoms with E-state index < -0.39 is 53.2 Å². The molecule has 3 unspecified atom stereocenters. The van der Waals surface area contributed by atoms with Crippen LogP contribution in [-0.4, -0.2) is 63.7 Å². The van der Waals surface area contributed by atoms with Gasteiger partial charge in [-0.2, -0.15) is 0 Å². The molecule has 3 aromatic rings. The molecule has 3 N–H and O–H groups in total. The van der Waals surface area contributed by atoms with Gasteiger partial charge in [0.1, 0.15) is 35.1 Å². The average molecular weight is 688 g/mol. The van der Waals surface area contributed by atoms with Crippen molar-refractivity contribution >= 4 is 23.9 Å². The molecule has 3 aromatic carbocycles. The van der Waals surface area contributed by atoms with Crippen molar-refractivity contribution < 1.29 is 33.8 Å². The van der Waals surface area contributed by atoms with Gasteiger partial charge in [-0.15, -0.1) is 0 Å². The molecular formula is C40H53N3O7. The van der Waals surface area contributed by atoms with E-state index in [1.54, 1.807) is 53.7 Å². The Labute approximate surface area is 296 Å². The molecular weight excluding hydrogens is 634 g/mol. The molecule has 270 valence electrons. The molecule has 0 aliphatic rings. The van der Waals surface area contributed by atoms with Gasteiger partial charge in [-0.05, 0) is 102 Å². The lowest BCUT2D eigenvalue weighted by Crippen LogP contribution is -2.56. The van der Waals surface area contributed by atoms with Crippen LogP contribution in [0.4, 0.5) is 4.79 Å². The number of nitrogens with zero attached hydrogens (tertiary/aromatic N) is 1. The maximum absolute atomic E-state index is 14.8. The largest absolute Gasteiger partial charge is 0.508 e. The lowest BCUT2D eigenvalue weighted by Gasteiger charge is -2.36. The van der Waals surface area contributed by atoms with Gasteiger partial charge in [0.25, 0.3) is 0 Å². The summed E-state index contributed by atoms with van der Waals surface area (Å²) in [5, 5.41) is 15.6. The quantitative estimate of drug-likeness (QED) is 0.175. The number of hydrogen-bond acceptors (Lipinski definition) is 7. The van der Waals surface area contributed by atoms with E-state index in [1.165, 1.54) is 17.0 Å². The summed E-state index contributed by atoms with van der Waals surface area (Å²) in [5.74, 6) is -1.60. The predicted octanol–water partition coefficient (Wildman–Crippen LogP) is 6.49. The summed E-state index contributed by atoms with van der Waals surface area (Å²) in [6.07, 6.45) is -0.0502. The van der Waals surface area contributed by atoms with E-state index in [9.17, 15) is 24.3 Å². The third-order valence-corrected chi connectivity index (χ3v) is 7.78. The van der Waals surface area contributed by atoms with Gasteiger partial charge in [0.05, 0.1) is 0 Å². The van der Waals surface area contributed by atoms with Crippen molar-refractivity contribution in [3.05, 3.63) is 101 Å². The highest BCUT2D eigenvalue weighted by atomic mass is 16.6. The van der Waals surface area contributed by atoms with Crippen molar-refractivity contribution in [2.45, 2.75) is 111 Å². The smallest absolute Gasteiger partial charge is 0.408 e. The number of phenolic OH excluding ortho intramolecular Hbond substituents is 1. The van der Waals surface area contributed by atoms with Crippen LogP contribution in [0.3, 0.4) is 0 Å². The zero-order chi connectivity index (χ0) is 37.2. The van der Waals surface area contributed by atoms with Crippen molar-refractivity contribution in [3.63, 3.8) is 0 Å². The Hall–Kier alpha value is -4.86. The van der Waals surface area contributed by atoms with Crippen LogP contribution in [0, 0.1) is 13.8 Å². The van der Waals surface area contributed by atoms with E-state index in [2.05, 4.69) is 10.6 Å². The second-order valence-electron chi connectivity index (χ2n) is 14.6. The van der Waals surface area contributed by atoms with Crippen LogP contribution in [0.2, 0.25) is 0 Å². The molecule has 10 nitrogen and oxygen atoms in total. The van der Waals surface area contributed by atoms with E-state index in [0.29, 0.717) is 17.5 Å². The first-order valence-corrected chi connectivity index (χ1v) is 17.1. The number of amides is 3. The number of benzene rings is 3. The lowest BCUT2D eigenvalue weighted by atomic mass is 9.92. The van der Waals surface area contributed by atoms with Crippen molar-refractivity contribution in [2.24, 2.45) is 0 Å². The minimum atomic E-state index is -1.16. The predicted molar refractivity (Wildman–Crippen MR) is 194 cm³/mol. The molecule has 50 heavy (non-hydrogen) atoms. The SMILES string of the molecule is CCCN(C(=O)C(Cc1ccc(O)cc1)NC(=O)OC(C)(C)C)C(C(=O)NC(Cc1ccccc1)C(=O)OC(C)(C)C)c1c(C)cccc1C. The number of carbonyl (C=O) groups is 4. The summed E-state index contributed by atoms with van der Waals surface area (Å²) >= 11 is 0. The molecule has 0 aromatic heterocycles. The van der Waals surface area contributed by atoms with Gasteiger partial charge < -0.3 is 30.1 Å². The molecule has 10 heteroatoms. The summed E-state index contributed by atoms with van der Waals surface area (Å²) in [6.45, 7) is 16.3. The summed E-state index contributed by atoms with van der Waals surface area (Å²) in [6, 6.07) is 18.0. The van der Waals surface area contributed by atoms with Crippen LogP contribution in [0.15, 0.2) is 72.8 Å². The van der Waals surface area contributed by atoms with Crippen LogP contribution in [0.25, 0.3) is 0 Å². The number of aromatic hydroxyl groups is 1. The first-order valence-electron chi connectivity index (χ1n) is 17.1.